The molecule has 0 spiro atoms. The number of esters is 2. The van der Waals surface area contributed by atoms with Crippen LogP contribution in [0.4, 0.5) is 0 Å². The van der Waals surface area contributed by atoms with Crippen LogP contribution in [0, 0.1) is 23.7 Å². The van der Waals surface area contributed by atoms with Crippen LogP contribution in [0.5, 0.6) is 0 Å². The predicted molar refractivity (Wildman–Crippen MR) is 108 cm³/mol. The Morgan fingerprint density at radius 3 is 2.79 bits per heavy atom. The summed E-state index contributed by atoms with van der Waals surface area (Å²) < 4.78 is 11.3. The highest BCUT2D eigenvalue weighted by molar-refractivity contribution is 5.72. The van der Waals surface area contributed by atoms with Crippen LogP contribution in [0.2, 0.25) is 0 Å². The standard InChI is InChI=1S/C23H34O6/c1-4-13(2)23(27)29-20-7-5-6-15-10-19(25)14(3)18(22(15)20)9-8-17-11-16(24)12-21(26)28-17/h5-6,10,13-14,16-20,22,24-25H,4,7-9,11-12H2,1-3H3/t13-,14-,16-,17-,18+,19-,20+,22+/m1/s1. The molecule has 3 aliphatic rings. The van der Waals surface area contributed by atoms with Crippen LogP contribution >= 0.6 is 0 Å². The highest BCUT2D eigenvalue weighted by atomic mass is 16.5. The van der Waals surface area contributed by atoms with Gasteiger partial charge in [-0.2, -0.15) is 0 Å². The normalized spacial score (nSPS) is 37.9. The van der Waals surface area contributed by atoms with Gasteiger partial charge in [-0.05, 0) is 36.7 Å². The van der Waals surface area contributed by atoms with Crippen LogP contribution < -0.4 is 0 Å². The van der Waals surface area contributed by atoms with E-state index < -0.39 is 12.2 Å². The average Bonchev–Trinajstić information content (AvgIpc) is 2.67. The van der Waals surface area contributed by atoms with Gasteiger partial charge in [0.1, 0.15) is 12.2 Å². The van der Waals surface area contributed by atoms with Gasteiger partial charge >= 0.3 is 11.9 Å². The molecule has 1 fully saturated rings. The van der Waals surface area contributed by atoms with E-state index in [2.05, 4.69) is 0 Å². The van der Waals surface area contributed by atoms with E-state index in [0.29, 0.717) is 19.3 Å². The zero-order chi connectivity index (χ0) is 21.1. The maximum atomic E-state index is 12.4. The largest absolute Gasteiger partial charge is 0.462 e. The number of carbonyl (C=O) groups is 2. The van der Waals surface area contributed by atoms with Gasteiger partial charge in [-0.25, -0.2) is 0 Å². The number of carbonyl (C=O) groups excluding carboxylic acids is 2. The minimum atomic E-state index is -0.645. The van der Waals surface area contributed by atoms with Crippen molar-refractivity contribution in [3.8, 4) is 0 Å². The third-order valence-electron chi connectivity index (χ3n) is 6.84. The van der Waals surface area contributed by atoms with Gasteiger partial charge in [0.05, 0.1) is 24.5 Å². The summed E-state index contributed by atoms with van der Waals surface area (Å²) in [6, 6.07) is 0. The molecular weight excluding hydrogens is 372 g/mol. The van der Waals surface area contributed by atoms with Gasteiger partial charge in [0.15, 0.2) is 0 Å². The number of fused-ring (bicyclic) bond motifs is 1. The number of ether oxygens (including phenoxy) is 2. The third-order valence-corrected chi connectivity index (χ3v) is 6.84. The van der Waals surface area contributed by atoms with Gasteiger partial charge < -0.3 is 19.7 Å². The number of allylic oxidation sites excluding steroid dienone is 1. The van der Waals surface area contributed by atoms with Crippen LogP contribution in [0.15, 0.2) is 23.8 Å². The molecule has 0 aromatic heterocycles. The molecule has 162 valence electrons. The molecule has 2 aliphatic carbocycles. The van der Waals surface area contributed by atoms with Crippen molar-refractivity contribution in [1.29, 1.82) is 0 Å². The molecule has 0 aromatic rings. The minimum Gasteiger partial charge on any atom is -0.462 e. The summed E-state index contributed by atoms with van der Waals surface area (Å²) in [4.78, 5) is 24.1. The number of aliphatic hydroxyl groups is 2. The van der Waals surface area contributed by atoms with Crippen LogP contribution in [0.1, 0.15) is 59.3 Å². The molecule has 0 aromatic carbocycles. The molecule has 3 rings (SSSR count). The Labute approximate surface area is 173 Å². The van der Waals surface area contributed by atoms with Gasteiger partial charge in [-0.15, -0.1) is 0 Å². The number of hydrogen-bond donors (Lipinski definition) is 2. The van der Waals surface area contributed by atoms with E-state index in [9.17, 15) is 19.8 Å². The first-order valence-corrected chi connectivity index (χ1v) is 10.9. The van der Waals surface area contributed by atoms with Crippen molar-refractivity contribution in [2.45, 2.75) is 83.7 Å². The highest BCUT2D eigenvalue weighted by Crippen LogP contribution is 2.44. The summed E-state index contributed by atoms with van der Waals surface area (Å²) in [5, 5.41) is 20.4. The predicted octanol–water partition coefficient (Wildman–Crippen LogP) is 2.92. The quantitative estimate of drug-likeness (QED) is 0.659. The maximum absolute atomic E-state index is 12.4. The lowest BCUT2D eigenvalue weighted by atomic mass is 9.65. The second-order valence-electron chi connectivity index (χ2n) is 8.91. The van der Waals surface area contributed by atoms with E-state index in [4.69, 9.17) is 9.47 Å². The first-order valence-electron chi connectivity index (χ1n) is 10.9. The summed E-state index contributed by atoms with van der Waals surface area (Å²) in [7, 11) is 0. The second kappa shape index (κ2) is 9.43. The Balaban J connectivity index is 1.74. The fourth-order valence-electron chi connectivity index (χ4n) is 4.84. The fraction of sp³-hybridized carbons (Fsp3) is 0.739. The summed E-state index contributed by atoms with van der Waals surface area (Å²) in [5.41, 5.74) is 1.02. The number of rotatable bonds is 6. The third kappa shape index (κ3) is 5.10. The zero-order valence-corrected chi connectivity index (χ0v) is 17.6. The van der Waals surface area contributed by atoms with Crippen molar-refractivity contribution in [3.05, 3.63) is 23.8 Å². The summed E-state index contributed by atoms with van der Waals surface area (Å²) in [5.74, 6) is -0.537. The van der Waals surface area contributed by atoms with Crippen molar-refractivity contribution in [2.75, 3.05) is 0 Å². The summed E-state index contributed by atoms with van der Waals surface area (Å²) in [6.07, 6.45) is 7.46. The molecule has 1 saturated heterocycles. The highest BCUT2D eigenvalue weighted by Gasteiger charge is 2.43. The smallest absolute Gasteiger partial charge is 0.308 e. The Hall–Kier alpha value is -1.66. The molecule has 0 bridgehead atoms. The lowest BCUT2D eigenvalue weighted by Gasteiger charge is -2.44. The second-order valence-corrected chi connectivity index (χ2v) is 8.91. The molecular formula is C23H34O6. The summed E-state index contributed by atoms with van der Waals surface area (Å²) >= 11 is 0. The van der Waals surface area contributed by atoms with Crippen molar-refractivity contribution < 1.29 is 29.3 Å². The molecule has 6 nitrogen and oxygen atoms in total. The van der Waals surface area contributed by atoms with E-state index >= 15 is 0 Å². The Morgan fingerprint density at radius 1 is 1.34 bits per heavy atom. The molecule has 0 saturated carbocycles. The molecule has 29 heavy (non-hydrogen) atoms. The van der Waals surface area contributed by atoms with Crippen LogP contribution in [-0.4, -0.2) is 46.6 Å². The van der Waals surface area contributed by atoms with Crippen molar-refractivity contribution in [1.82, 2.24) is 0 Å². The van der Waals surface area contributed by atoms with E-state index in [1.165, 1.54) is 0 Å². The number of hydrogen-bond acceptors (Lipinski definition) is 6. The molecule has 0 radical (unpaired) electrons. The lowest BCUT2D eigenvalue weighted by Crippen LogP contribution is -2.44. The van der Waals surface area contributed by atoms with Crippen LogP contribution in [0.25, 0.3) is 0 Å². The average molecular weight is 407 g/mol. The van der Waals surface area contributed by atoms with E-state index in [0.717, 1.165) is 18.4 Å². The minimum absolute atomic E-state index is 0.00395. The zero-order valence-electron chi connectivity index (χ0n) is 17.6. The van der Waals surface area contributed by atoms with E-state index in [-0.39, 0.29) is 54.2 Å². The molecule has 0 unspecified atom stereocenters. The Morgan fingerprint density at radius 2 is 2.10 bits per heavy atom. The number of aliphatic hydroxyl groups excluding tert-OH is 2. The topological polar surface area (TPSA) is 93.1 Å². The van der Waals surface area contributed by atoms with Gasteiger partial charge in [-0.3, -0.25) is 9.59 Å². The van der Waals surface area contributed by atoms with Crippen molar-refractivity contribution in [2.24, 2.45) is 23.7 Å². The molecule has 1 aliphatic heterocycles. The van der Waals surface area contributed by atoms with E-state index in [1.807, 2.05) is 39.0 Å². The number of cyclic esters (lactones) is 1. The van der Waals surface area contributed by atoms with Gasteiger partial charge in [-0.1, -0.05) is 39.0 Å². The fourth-order valence-corrected chi connectivity index (χ4v) is 4.84. The van der Waals surface area contributed by atoms with Gasteiger partial charge in [0.25, 0.3) is 0 Å². The molecule has 1 heterocycles. The monoisotopic (exact) mass is 406 g/mol. The first kappa shape index (κ1) is 22.0. The van der Waals surface area contributed by atoms with E-state index in [1.54, 1.807) is 0 Å². The summed E-state index contributed by atoms with van der Waals surface area (Å²) in [6.45, 7) is 5.88. The maximum Gasteiger partial charge on any atom is 0.308 e. The van der Waals surface area contributed by atoms with Crippen LogP contribution in [-0.2, 0) is 19.1 Å². The van der Waals surface area contributed by atoms with Gasteiger partial charge in [0, 0.05) is 18.8 Å². The molecule has 0 amide bonds. The molecule has 6 heteroatoms. The Kier molecular flexibility index (Phi) is 7.17. The van der Waals surface area contributed by atoms with Crippen molar-refractivity contribution in [3.63, 3.8) is 0 Å². The van der Waals surface area contributed by atoms with Crippen molar-refractivity contribution >= 4 is 11.9 Å². The first-order chi connectivity index (χ1) is 13.8. The SMILES string of the molecule is CC[C@@H](C)C(=O)O[C@H]1CC=CC2=C[C@@H](O)[C@H](C)[C@H](CC[C@@H]3C[C@@H](O)CC(=O)O3)[C@H]21. The van der Waals surface area contributed by atoms with Crippen LogP contribution in [0.3, 0.4) is 0 Å². The lowest BCUT2D eigenvalue weighted by molar-refractivity contribution is -0.162. The Bertz CT molecular complexity index is 668. The molecule has 8 atom stereocenters. The van der Waals surface area contributed by atoms with Gasteiger partial charge in [0.2, 0.25) is 0 Å². The molecule has 2 N–H and O–H groups in total.